The second-order valence-corrected chi connectivity index (χ2v) is 21.6. The highest BCUT2D eigenvalue weighted by atomic mass is 28.5. The average Bonchev–Trinajstić information content (AvgIpc) is 2.71. The summed E-state index contributed by atoms with van der Waals surface area (Å²) in [5.74, 6) is 0. The number of hydrogen-bond acceptors (Lipinski definition) is 8. The van der Waals surface area contributed by atoms with Crippen molar-refractivity contribution in [3.63, 3.8) is 0 Å². The minimum atomic E-state index is -3.16. The molecule has 4 atom stereocenters. The molecule has 1 saturated heterocycles. The zero-order valence-corrected chi connectivity index (χ0v) is 26.4. The minimum absolute atomic E-state index is 0.749. The van der Waals surface area contributed by atoms with E-state index in [1.165, 1.54) is 0 Å². The molecule has 1 fully saturated rings. The van der Waals surface area contributed by atoms with Crippen LogP contribution in [0.4, 0.5) is 0 Å². The van der Waals surface area contributed by atoms with Gasteiger partial charge in [-0.25, -0.2) is 0 Å². The predicted molar refractivity (Wildman–Crippen MR) is 138 cm³/mol. The van der Waals surface area contributed by atoms with Crippen molar-refractivity contribution in [1.82, 2.24) is 10.1 Å². The van der Waals surface area contributed by atoms with Crippen LogP contribution in [0.5, 0.6) is 0 Å². The maximum absolute atomic E-state index is 6.98. The van der Waals surface area contributed by atoms with Gasteiger partial charge in [-0.15, -0.1) is 0 Å². The van der Waals surface area contributed by atoms with Gasteiger partial charge in [-0.1, -0.05) is 67.2 Å². The molecule has 0 bridgehead atoms. The largest absolute Gasteiger partial charge is 0.498 e. The van der Waals surface area contributed by atoms with Crippen LogP contribution < -0.4 is 0 Å². The summed E-state index contributed by atoms with van der Waals surface area (Å²) >= 11 is 0. The van der Waals surface area contributed by atoms with Crippen molar-refractivity contribution in [2.24, 2.45) is 0 Å². The molecule has 1 heterocycles. The van der Waals surface area contributed by atoms with Crippen LogP contribution in [0.25, 0.3) is 0 Å². The average molecular weight is 527 g/mol. The van der Waals surface area contributed by atoms with Gasteiger partial charge in [0.15, 0.2) is 0 Å². The lowest BCUT2D eigenvalue weighted by Gasteiger charge is -2.49. The summed E-state index contributed by atoms with van der Waals surface area (Å²) < 4.78 is 40.4. The fourth-order valence-electron chi connectivity index (χ4n) is 4.11. The van der Waals surface area contributed by atoms with E-state index in [0.717, 1.165) is 64.0 Å². The van der Waals surface area contributed by atoms with Gasteiger partial charge in [0.2, 0.25) is 0 Å². The summed E-state index contributed by atoms with van der Waals surface area (Å²) in [4.78, 5) is 0. The van der Waals surface area contributed by atoms with E-state index >= 15 is 0 Å². The third-order valence-corrected chi connectivity index (χ3v) is 22.1. The SMILES string of the molecule is CCCC[Si]1(C)O[Si](C)(CCCC)O[Si](C)(ON(CC)CC)O[Si](C)(ON(CC)CC)O1. The molecule has 4 unspecified atom stereocenters. The van der Waals surface area contributed by atoms with Crippen molar-refractivity contribution in [1.29, 1.82) is 0 Å². The number of nitrogens with zero attached hydrogens (tertiary/aromatic N) is 2. The van der Waals surface area contributed by atoms with E-state index in [4.69, 9.17) is 25.5 Å². The third-order valence-electron chi connectivity index (χ3n) is 5.57. The summed E-state index contributed by atoms with van der Waals surface area (Å²) in [7, 11) is -11.5. The van der Waals surface area contributed by atoms with Gasteiger partial charge in [-0.05, 0) is 25.2 Å². The van der Waals surface area contributed by atoms with Gasteiger partial charge in [0.05, 0.1) is 0 Å². The quantitative estimate of drug-likeness (QED) is 0.217. The molecule has 8 nitrogen and oxygen atoms in total. The maximum Gasteiger partial charge on any atom is 0.498 e. The van der Waals surface area contributed by atoms with Gasteiger partial charge in [0, 0.05) is 39.3 Å². The summed E-state index contributed by atoms with van der Waals surface area (Å²) in [5, 5.41) is 3.81. The highest BCUT2D eigenvalue weighted by molar-refractivity contribution is 6.91. The van der Waals surface area contributed by atoms with E-state index in [-0.39, 0.29) is 0 Å². The smallest absolute Gasteiger partial charge is 0.416 e. The van der Waals surface area contributed by atoms with E-state index in [0.29, 0.717) is 0 Å². The molecule has 0 aromatic heterocycles. The Morgan fingerprint density at radius 3 is 1.16 bits per heavy atom. The van der Waals surface area contributed by atoms with E-state index in [2.05, 4.69) is 54.6 Å². The van der Waals surface area contributed by atoms with Gasteiger partial charge in [0.25, 0.3) is 0 Å². The highest BCUT2D eigenvalue weighted by Gasteiger charge is 2.60. The fraction of sp³-hybridized carbons (Fsp3) is 1.00. The molecule has 0 amide bonds. The van der Waals surface area contributed by atoms with Crippen LogP contribution in [-0.2, 0) is 25.5 Å². The Bertz CT molecular complexity index is 504. The summed E-state index contributed by atoms with van der Waals surface area (Å²) in [5.41, 5.74) is 0. The van der Waals surface area contributed by atoms with E-state index < -0.39 is 34.7 Å². The third kappa shape index (κ3) is 9.66. The predicted octanol–water partition coefficient (Wildman–Crippen LogP) is 5.49. The second-order valence-electron chi connectivity index (χ2n) is 9.02. The molecule has 1 aliphatic rings. The van der Waals surface area contributed by atoms with Crippen LogP contribution in [-0.4, -0.2) is 71.0 Å². The Morgan fingerprint density at radius 2 is 0.875 bits per heavy atom. The molecular formula is C20H50N2O6Si4. The molecule has 0 aromatic rings. The van der Waals surface area contributed by atoms with E-state index in [1.54, 1.807) is 0 Å². The monoisotopic (exact) mass is 526 g/mol. The lowest BCUT2D eigenvalue weighted by Crippen LogP contribution is -2.70. The Hall–Kier alpha value is 0.548. The Kier molecular flexibility index (Phi) is 13.0. The lowest BCUT2D eigenvalue weighted by atomic mass is 10.4. The van der Waals surface area contributed by atoms with Crippen molar-refractivity contribution >= 4 is 34.7 Å². The normalized spacial score (nSPS) is 34.1. The summed E-state index contributed by atoms with van der Waals surface area (Å²) in [6, 6.07) is 1.81. The van der Waals surface area contributed by atoms with Crippen molar-refractivity contribution in [3.8, 4) is 0 Å². The first kappa shape index (κ1) is 30.6. The zero-order valence-electron chi connectivity index (χ0n) is 22.4. The molecular weight excluding hydrogens is 477 g/mol. The topological polar surface area (TPSA) is 61.9 Å². The van der Waals surface area contributed by atoms with Crippen LogP contribution in [0.15, 0.2) is 0 Å². The van der Waals surface area contributed by atoms with Crippen LogP contribution >= 0.6 is 0 Å². The molecule has 1 rings (SSSR count). The van der Waals surface area contributed by atoms with Crippen molar-refractivity contribution in [2.75, 3.05) is 26.2 Å². The van der Waals surface area contributed by atoms with Gasteiger partial charge in [-0.3, -0.25) is 9.05 Å². The molecule has 0 saturated carbocycles. The van der Waals surface area contributed by atoms with E-state index in [9.17, 15) is 0 Å². The Morgan fingerprint density at radius 1 is 0.531 bits per heavy atom. The molecule has 192 valence electrons. The number of rotatable bonds is 14. The van der Waals surface area contributed by atoms with Crippen molar-refractivity contribution < 1.29 is 25.5 Å². The molecule has 0 aromatic carbocycles. The number of unbranched alkanes of at least 4 members (excludes halogenated alkanes) is 2. The highest BCUT2D eigenvalue weighted by Crippen LogP contribution is 2.37. The molecule has 12 heteroatoms. The number of hydroxylamine groups is 4. The maximum atomic E-state index is 6.98. The Balaban J connectivity index is 3.42. The first-order valence-corrected chi connectivity index (χ1v) is 22.1. The molecule has 0 N–H and O–H groups in total. The van der Waals surface area contributed by atoms with Gasteiger partial charge >= 0.3 is 34.7 Å². The van der Waals surface area contributed by atoms with E-state index in [1.807, 2.05) is 23.2 Å². The van der Waals surface area contributed by atoms with Crippen LogP contribution in [0.3, 0.4) is 0 Å². The standard InChI is InChI=1S/C20H50N2O6Si4/c1-11-17-19-29(7)25-30(8,20-18-12-2)27-32(10,24-22(15-5)16-6)28-31(9,26-29)23-21(13-3)14-4/h11-20H2,1-10H3. The van der Waals surface area contributed by atoms with Gasteiger partial charge in [0.1, 0.15) is 0 Å². The number of hydrogen-bond donors (Lipinski definition) is 0. The molecule has 1 aliphatic heterocycles. The van der Waals surface area contributed by atoms with Crippen molar-refractivity contribution in [2.45, 2.75) is 106 Å². The molecule has 0 spiro atoms. The summed E-state index contributed by atoms with van der Waals surface area (Å²) in [6.45, 7) is 24.0. The van der Waals surface area contributed by atoms with Gasteiger partial charge < -0.3 is 16.5 Å². The molecule has 0 radical (unpaired) electrons. The Labute approximate surface area is 202 Å². The lowest BCUT2D eigenvalue weighted by molar-refractivity contribution is -0.127. The zero-order chi connectivity index (χ0) is 24.5. The van der Waals surface area contributed by atoms with Crippen molar-refractivity contribution in [3.05, 3.63) is 0 Å². The molecule has 0 aliphatic carbocycles. The fourth-order valence-corrected chi connectivity index (χ4v) is 24.6. The van der Waals surface area contributed by atoms with Crippen LogP contribution in [0, 0.1) is 0 Å². The minimum Gasteiger partial charge on any atom is -0.416 e. The second kappa shape index (κ2) is 13.6. The van der Waals surface area contributed by atoms with Crippen LogP contribution in [0.2, 0.25) is 38.3 Å². The van der Waals surface area contributed by atoms with Gasteiger partial charge in [-0.2, -0.15) is 10.1 Å². The molecule has 32 heavy (non-hydrogen) atoms. The van der Waals surface area contributed by atoms with Crippen LogP contribution in [0.1, 0.15) is 67.2 Å². The summed E-state index contributed by atoms with van der Waals surface area (Å²) in [6.07, 6.45) is 4.30. The first-order valence-electron chi connectivity index (χ1n) is 12.6. The first-order chi connectivity index (χ1) is 14.9.